The third-order valence-corrected chi connectivity index (χ3v) is 4.29. The second-order valence-electron chi connectivity index (χ2n) is 6.50. The van der Waals surface area contributed by atoms with Crippen molar-refractivity contribution < 1.29 is 32.3 Å². The number of ether oxygens (including phenoxy) is 3. The molecule has 3 aromatic rings. The average molecular weight is 437 g/mol. The normalized spacial score (nSPS) is 15.8. The van der Waals surface area contributed by atoms with E-state index < -0.39 is 11.3 Å². The molecular formula is C18H14F3N5O5. The summed E-state index contributed by atoms with van der Waals surface area (Å²) in [6.07, 6.45) is -0.781. The second kappa shape index (κ2) is 8.18. The lowest BCUT2D eigenvalue weighted by Crippen LogP contribution is -2.32. The van der Waals surface area contributed by atoms with Crippen LogP contribution in [-0.2, 0) is 17.9 Å². The summed E-state index contributed by atoms with van der Waals surface area (Å²) in [6, 6.07) is 5.52. The van der Waals surface area contributed by atoms with Crippen molar-refractivity contribution >= 4 is 5.82 Å². The van der Waals surface area contributed by atoms with E-state index >= 15 is 0 Å². The molecule has 0 spiro atoms. The first-order chi connectivity index (χ1) is 14.8. The van der Waals surface area contributed by atoms with Crippen LogP contribution in [0.3, 0.4) is 0 Å². The maximum atomic E-state index is 12.2. The summed E-state index contributed by atoms with van der Waals surface area (Å²) in [5, 5.41) is 10.8. The zero-order valence-electron chi connectivity index (χ0n) is 15.7. The summed E-state index contributed by atoms with van der Waals surface area (Å²) in [6.45, 7) is 0.595. The van der Waals surface area contributed by atoms with Gasteiger partial charge >= 0.3 is 18.2 Å². The van der Waals surface area contributed by atoms with Crippen molar-refractivity contribution in [2.75, 3.05) is 6.61 Å². The number of nitrogens with zero attached hydrogens (tertiary/aromatic N) is 5. The highest BCUT2D eigenvalue weighted by atomic mass is 19.4. The molecule has 10 nitrogen and oxygen atoms in total. The fourth-order valence-electron chi connectivity index (χ4n) is 2.88. The monoisotopic (exact) mass is 437 g/mol. The Morgan fingerprint density at radius 2 is 1.90 bits per heavy atom. The maximum absolute atomic E-state index is 12.2. The van der Waals surface area contributed by atoms with Crippen molar-refractivity contribution in [3.05, 3.63) is 58.8 Å². The predicted molar refractivity (Wildman–Crippen MR) is 97.1 cm³/mol. The molecule has 0 radical (unpaired) electrons. The van der Waals surface area contributed by atoms with E-state index in [1.807, 2.05) is 0 Å². The van der Waals surface area contributed by atoms with Crippen LogP contribution in [0.25, 0.3) is 11.1 Å². The largest absolute Gasteiger partial charge is 0.573 e. The summed E-state index contributed by atoms with van der Waals surface area (Å²) in [7, 11) is 0. The molecule has 0 N–H and O–H groups in total. The molecule has 0 unspecified atom stereocenters. The number of imidazole rings is 1. The Bertz CT molecular complexity index is 1070. The summed E-state index contributed by atoms with van der Waals surface area (Å²) in [5.74, 6) is -0.223. The van der Waals surface area contributed by atoms with Gasteiger partial charge in [0.25, 0.3) is 0 Å². The standard InChI is InChI=1S/C18H14F3N5O5/c19-18(20,21)31-13-3-1-11(2-4-13)12-5-22-15(23-6-12)10-29-14-7-25-8-16(26(27)28)24-17(25)30-9-14/h1-6,8,14H,7,9-10H2/t14-/m1/s1. The summed E-state index contributed by atoms with van der Waals surface area (Å²) in [5.41, 5.74) is 1.23. The van der Waals surface area contributed by atoms with Crippen LogP contribution in [-0.4, -0.2) is 43.5 Å². The Balaban J connectivity index is 1.33. The van der Waals surface area contributed by atoms with E-state index in [0.717, 1.165) is 0 Å². The van der Waals surface area contributed by atoms with Gasteiger partial charge in [-0.25, -0.2) is 9.97 Å². The molecule has 0 saturated heterocycles. The van der Waals surface area contributed by atoms with Gasteiger partial charge in [-0.3, -0.25) is 4.57 Å². The van der Waals surface area contributed by atoms with Gasteiger partial charge in [-0.05, 0) is 22.6 Å². The Kier molecular flexibility index (Phi) is 5.42. The molecular weight excluding hydrogens is 423 g/mol. The highest BCUT2D eigenvalue weighted by Crippen LogP contribution is 2.26. The number of aromatic nitrogens is 4. The number of benzene rings is 1. The Morgan fingerprint density at radius 3 is 2.55 bits per heavy atom. The lowest BCUT2D eigenvalue weighted by molar-refractivity contribution is -0.389. The van der Waals surface area contributed by atoms with Gasteiger partial charge in [0.1, 0.15) is 31.3 Å². The first kappa shape index (κ1) is 20.5. The van der Waals surface area contributed by atoms with E-state index in [-0.39, 0.29) is 36.9 Å². The minimum atomic E-state index is -4.75. The van der Waals surface area contributed by atoms with Crippen LogP contribution in [0.4, 0.5) is 19.0 Å². The van der Waals surface area contributed by atoms with Crippen molar-refractivity contribution in [3.8, 4) is 22.9 Å². The van der Waals surface area contributed by atoms with Gasteiger partial charge in [0.2, 0.25) is 0 Å². The van der Waals surface area contributed by atoms with Crippen LogP contribution >= 0.6 is 0 Å². The maximum Gasteiger partial charge on any atom is 0.573 e. The van der Waals surface area contributed by atoms with E-state index in [1.165, 1.54) is 47.4 Å². The third-order valence-electron chi connectivity index (χ3n) is 4.29. The minimum absolute atomic E-state index is 0.0821. The topological polar surface area (TPSA) is 114 Å². The molecule has 31 heavy (non-hydrogen) atoms. The number of nitro groups is 1. The van der Waals surface area contributed by atoms with Crippen molar-refractivity contribution in [1.82, 2.24) is 19.5 Å². The molecule has 1 aliphatic rings. The van der Waals surface area contributed by atoms with E-state index in [9.17, 15) is 23.3 Å². The third kappa shape index (κ3) is 5.06. The van der Waals surface area contributed by atoms with Gasteiger partial charge in [-0.2, -0.15) is 0 Å². The number of rotatable bonds is 6. The van der Waals surface area contributed by atoms with Crippen molar-refractivity contribution in [1.29, 1.82) is 0 Å². The van der Waals surface area contributed by atoms with Gasteiger partial charge in [0.15, 0.2) is 5.82 Å². The van der Waals surface area contributed by atoms with Crippen LogP contribution in [0.1, 0.15) is 5.82 Å². The molecule has 162 valence electrons. The SMILES string of the molecule is O=[N+]([O-])c1cn2c(n1)OC[C@H](OCc1ncc(-c3ccc(OC(F)(F)F)cc3)cn1)C2. The second-order valence-corrected chi connectivity index (χ2v) is 6.50. The molecule has 0 saturated carbocycles. The number of halogens is 3. The average Bonchev–Trinajstić information content (AvgIpc) is 3.16. The first-order valence-electron chi connectivity index (χ1n) is 8.90. The summed E-state index contributed by atoms with van der Waals surface area (Å²) < 4.78 is 53.1. The molecule has 0 aliphatic carbocycles. The highest BCUT2D eigenvalue weighted by Gasteiger charge is 2.31. The van der Waals surface area contributed by atoms with Gasteiger partial charge in [0.05, 0.1) is 6.54 Å². The zero-order valence-corrected chi connectivity index (χ0v) is 15.7. The summed E-state index contributed by atoms with van der Waals surface area (Å²) >= 11 is 0. The highest BCUT2D eigenvalue weighted by molar-refractivity contribution is 5.62. The Hall–Kier alpha value is -3.74. The molecule has 13 heteroatoms. The lowest BCUT2D eigenvalue weighted by Gasteiger charge is -2.21. The quantitative estimate of drug-likeness (QED) is 0.427. The fraction of sp³-hybridized carbons (Fsp3) is 0.278. The van der Waals surface area contributed by atoms with Gasteiger partial charge in [-0.15, -0.1) is 13.2 Å². The lowest BCUT2D eigenvalue weighted by atomic mass is 10.1. The van der Waals surface area contributed by atoms with Crippen LogP contribution in [0, 0.1) is 10.1 Å². The van der Waals surface area contributed by atoms with Crippen LogP contribution < -0.4 is 9.47 Å². The van der Waals surface area contributed by atoms with Crippen LogP contribution in [0.15, 0.2) is 42.9 Å². The molecule has 3 heterocycles. The smallest absolute Gasteiger partial charge is 0.443 e. The molecule has 1 aliphatic heterocycles. The molecule has 2 aromatic heterocycles. The Morgan fingerprint density at radius 1 is 1.19 bits per heavy atom. The Labute approximate surface area is 172 Å². The minimum Gasteiger partial charge on any atom is -0.443 e. The zero-order chi connectivity index (χ0) is 22.0. The van der Waals surface area contributed by atoms with Crippen LogP contribution in [0.2, 0.25) is 0 Å². The van der Waals surface area contributed by atoms with Crippen molar-refractivity contribution in [3.63, 3.8) is 0 Å². The number of hydrogen-bond acceptors (Lipinski definition) is 8. The van der Waals surface area contributed by atoms with Gasteiger partial charge < -0.3 is 24.3 Å². The van der Waals surface area contributed by atoms with E-state index in [1.54, 1.807) is 0 Å². The number of fused-ring (bicyclic) bond motifs is 1. The summed E-state index contributed by atoms with van der Waals surface area (Å²) in [4.78, 5) is 22.3. The fourth-order valence-corrected chi connectivity index (χ4v) is 2.88. The predicted octanol–water partition coefficient (Wildman–Crippen LogP) is 3.12. The molecule has 0 amide bonds. The molecule has 1 atom stereocenters. The van der Waals surface area contributed by atoms with Gasteiger partial charge in [0, 0.05) is 22.9 Å². The van der Waals surface area contributed by atoms with Gasteiger partial charge in [-0.1, -0.05) is 12.1 Å². The first-order valence-corrected chi connectivity index (χ1v) is 8.90. The van der Waals surface area contributed by atoms with E-state index in [2.05, 4.69) is 19.7 Å². The number of hydrogen-bond donors (Lipinski definition) is 0. The number of alkyl halides is 3. The van der Waals surface area contributed by atoms with E-state index in [0.29, 0.717) is 23.5 Å². The molecule has 0 bridgehead atoms. The molecule has 0 fully saturated rings. The van der Waals surface area contributed by atoms with Crippen molar-refractivity contribution in [2.24, 2.45) is 0 Å². The van der Waals surface area contributed by atoms with E-state index in [4.69, 9.17) is 9.47 Å². The molecule has 4 rings (SSSR count). The molecule has 1 aromatic carbocycles. The van der Waals surface area contributed by atoms with Crippen LogP contribution in [0.5, 0.6) is 11.8 Å². The van der Waals surface area contributed by atoms with Crippen molar-refractivity contribution in [2.45, 2.75) is 25.6 Å².